The van der Waals surface area contributed by atoms with Gasteiger partial charge in [-0.3, -0.25) is 19.4 Å². The smallest absolute Gasteiger partial charge is 0.274 e. The van der Waals surface area contributed by atoms with Crippen molar-refractivity contribution in [2.45, 2.75) is 18.9 Å². The number of carbonyl (C=O) groups excluding carboxylic acids is 2. The van der Waals surface area contributed by atoms with E-state index >= 15 is 0 Å². The highest BCUT2D eigenvalue weighted by Gasteiger charge is 2.34. The van der Waals surface area contributed by atoms with Gasteiger partial charge in [0, 0.05) is 19.8 Å². The van der Waals surface area contributed by atoms with Crippen LogP contribution in [0.15, 0.2) is 18.5 Å². The van der Waals surface area contributed by atoms with Crippen LogP contribution >= 0.6 is 0 Å². The van der Waals surface area contributed by atoms with Crippen molar-refractivity contribution in [3.63, 3.8) is 0 Å². The topological polar surface area (TPSA) is 110 Å². The van der Waals surface area contributed by atoms with Gasteiger partial charge in [-0.15, -0.1) is 0 Å². The van der Waals surface area contributed by atoms with Crippen LogP contribution in [-0.2, 0) is 7.05 Å². The highest BCUT2D eigenvalue weighted by molar-refractivity contribution is 5.95. The predicted octanol–water partition coefficient (Wildman–Crippen LogP) is 0.219. The lowest BCUT2D eigenvalue weighted by molar-refractivity contribution is 0.0723. The lowest BCUT2D eigenvalue weighted by atomic mass is 10.1. The van der Waals surface area contributed by atoms with Crippen LogP contribution in [-0.4, -0.2) is 43.2 Å². The Hall–Kier alpha value is -2.64. The van der Waals surface area contributed by atoms with Crippen LogP contribution in [0.25, 0.3) is 0 Å². The van der Waals surface area contributed by atoms with Gasteiger partial charge in [0.2, 0.25) is 0 Å². The van der Waals surface area contributed by atoms with Crippen molar-refractivity contribution in [1.82, 2.24) is 24.9 Å². The highest BCUT2D eigenvalue weighted by atomic mass is 16.2. The summed E-state index contributed by atoms with van der Waals surface area (Å²) in [6.45, 7) is 0.622. The first kappa shape index (κ1) is 13.3. The zero-order chi connectivity index (χ0) is 15.0. The minimum Gasteiger partial charge on any atom is -0.365 e. The van der Waals surface area contributed by atoms with Crippen molar-refractivity contribution in [1.29, 1.82) is 0 Å². The number of hydrogen-bond acceptors (Lipinski definition) is 4. The average molecular weight is 288 g/mol. The van der Waals surface area contributed by atoms with Crippen LogP contribution in [0, 0.1) is 0 Å². The van der Waals surface area contributed by atoms with Gasteiger partial charge in [0.25, 0.3) is 11.8 Å². The fraction of sp³-hybridized carbons (Fsp3) is 0.385. The van der Waals surface area contributed by atoms with Gasteiger partial charge in [-0.25, -0.2) is 0 Å². The molecule has 110 valence electrons. The molecule has 2 aromatic rings. The molecule has 1 saturated heterocycles. The molecule has 0 aliphatic carbocycles. The number of primary amides is 1. The summed E-state index contributed by atoms with van der Waals surface area (Å²) in [5, 5.41) is 10.8. The molecule has 0 radical (unpaired) electrons. The number of amides is 2. The Labute approximate surface area is 120 Å². The molecule has 3 heterocycles. The van der Waals surface area contributed by atoms with Gasteiger partial charge >= 0.3 is 0 Å². The minimum absolute atomic E-state index is 0.150. The van der Waals surface area contributed by atoms with Crippen LogP contribution in [0.2, 0.25) is 0 Å². The van der Waals surface area contributed by atoms with Crippen molar-refractivity contribution < 1.29 is 9.59 Å². The molecule has 2 aromatic heterocycles. The van der Waals surface area contributed by atoms with Crippen LogP contribution in [0.5, 0.6) is 0 Å². The molecule has 8 nitrogen and oxygen atoms in total. The zero-order valence-electron chi connectivity index (χ0n) is 11.6. The van der Waals surface area contributed by atoms with Gasteiger partial charge in [0.05, 0.1) is 23.5 Å². The number of likely N-dealkylation sites (tertiary alicyclic amines) is 1. The third-order valence-electron chi connectivity index (χ3n) is 3.71. The van der Waals surface area contributed by atoms with Crippen molar-refractivity contribution in [2.24, 2.45) is 12.8 Å². The second-order valence-electron chi connectivity index (χ2n) is 5.09. The van der Waals surface area contributed by atoms with Gasteiger partial charge in [0.15, 0.2) is 0 Å². The number of H-pyrrole nitrogens is 1. The van der Waals surface area contributed by atoms with E-state index in [0.717, 1.165) is 12.8 Å². The Kier molecular flexibility index (Phi) is 3.20. The number of rotatable bonds is 3. The van der Waals surface area contributed by atoms with Gasteiger partial charge in [0.1, 0.15) is 5.69 Å². The Bertz CT molecular complexity index is 688. The van der Waals surface area contributed by atoms with E-state index in [4.69, 9.17) is 5.73 Å². The molecule has 8 heteroatoms. The van der Waals surface area contributed by atoms with Crippen molar-refractivity contribution in [3.8, 4) is 0 Å². The largest absolute Gasteiger partial charge is 0.365 e. The van der Waals surface area contributed by atoms with E-state index in [1.54, 1.807) is 28.9 Å². The van der Waals surface area contributed by atoms with Crippen LogP contribution < -0.4 is 5.73 Å². The Morgan fingerprint density at radius 1 is 1.48 bits per heavy atom. The SMILES string of the molecule is Cn1ccc(C(=O)N2CCCC2c2[nH]ncc2C(N)=O)n1. The Balaban J connectivity index is 1.90. The maximum Gasteiger partial charge on any atom is 0.274 e. The predicted molar refractivity (Wildman–Crippen MR) is 73.3 cm³/mol. The number of nitrogens with zero attached hydrogens (tertiary/aromatic N) is 4. The summed E-state index contributed by atoms with van der Waals surface area (Å²) in [4.78, 5) is 25.7. The monoisotopic (exact) mass is 288 g/mol. The Morgan fingerprint density at radius 2 is 2.29 bits per heavy atom. The summed E-state index contributed by atoms with van der Waals surface area (Å²) in [7, 11) is 1.76. The van der Waals surface area contributed by atoms with Crippen LogP contribution in [0.4, 0.5) is 0 Å². The van der Waals surface area contributed by atoms with E-state index in [9.17, 15) is 9.59 Å². The molecule has 2 amide bonds. The molecule has 0 aromatic carbocycles. The number of hydrogen-bond donors (Lipinski definition) is 2. The zero-order valence-corrected chi connectivity index (χ0v) is 11.6. The van der Waals surface area contributed by atoms with Crippen molar-refractivity contribution >= 4 is 11.8 Å². The summed E-state index contributed by atoms with van der Waals surface area (Å²) in [5.41, 5.74) is 6.67. The number of carbonyl (C=O) groups is 2. The van der Waals surface area contributed by atoms with Crippen molar-refractivity contribution in [3.05, 3.63) is 35.4 Å². The van der Waals surface area contributed by atoms with Gasteiger partial charge in [-0.05, 0) is 18.9 Å². The molecule has 0 saturated carbocycles. The fourth-order valence-electron chi connectivity index (χ4n) is 2.73. The van der Waals surface area contributed by atoms with E-state index < -0.39 is 5.91 Å². The maximum atomic E-state index is 12.5. The molecule has 21 heavy (non-hydrogen) atoms. The molecular weight excluding hydrogens is 272 g/mol. The molecule has 0 spiro atoms. The average Bonchev–Trinajstić information content (AvgIpc) is 3.16. The van der Waals surface area contributed by atoms with E-state index in [1.165, 1.54) is 6.20 Å². The lowest BCUT2D eigenvalue weighted by Crippen LogP contribution is -2.32. The quantitative estimate of drug-likeness (QED) is 0.841. The molecule has 1 fully saturated rings. The van der Waals surface area contributed by atoms with E-state index in [-0.39, 0.29) is 11.9 Å². The number of nitrogens with one attached hydrogen (secondary N) is 1. The maximum absolute atomic E-state index is 12.5. The summed E-state index contributed by atoms with van der Waals surface area (Å²) in [6, 6.07) is 1.46. The molecule has 1 atom stereocenters. The summed E-state index contributed by atoms with van der Waals surface area (Å²) in [5.74, 6) is -0.695. The molecule has 1 aliphatic heterocycles. The molecule has 3 N–H and O–H groups in total. The fourth-order valence-corrected chi connectivity index (χ4v) is 2.73. The summed E-state index contributed by atoms with van der Waals surface area (Å²) in [6.07, 6.45) is 4.75. The second kappa shape index (κ2) is 5.04. The number of aromatic nitrogens is 4. The van der Waals surface area contributed by atoms with Crippen LogP contribution in [0.3, 0.4) is 0 Å². The first-order chi connectivity index (χ1) is 10.1. The first-order valence-electron chi connectivity index (χ1n) is 6.71. The van der Waals surface area contributed by atoms with E-state index in [0.29, 0.717) is 23.5 Å². The standard InChI is InChI=1S/C13H16N6O2/c1-18-6-4-9(17-18)13(21)19-5-2-3-10(19)11-8(12(14)20)7-15-16-11/h4,6-7,10H,2-3,5H2,1H3,(H2,14,20)(H,15,16). The van der Waals surface area contributed by atoms with Crippen molar-refractivity contribution in [2.75, 3.05) is 6.54 Å². The highest BCUT2D eigenvalue weighted by Crippen LogP contribution is 2.33. The second-order valence-corrected chi connectivity index (χ2v) is 5.09. The lowest BCUT2D eigenvalue weighted by Gasteiger charge is -2.23. The van der Waals surface area contributed by atoms with Gasteiger partial charge in [-0.2, -0.15) is 10.2 Å². The Morgan fingerprint density at radius 3 is 2.95 bits per heavy atom. The summed E-state index contributed by atoms with van der Waals surface area (Å²) >= 11 is 0. The van der Waals surface area contributed by atoms with E-state index in [2.05, 4.69) is 15.3 Å². The normalized spacial score (nSPS) is 18.1. The molecule has 1 unspecified atom stereocenters. The number of aryl methyl sites for hydroxylation is 1. The van der Waals surface area contributed by atoms with Crippen LogP contribution in [0.1, 0.15) is 45.4 Å². The molecular formula is C13H16N6O2. The minimum atomic E-state index is -0.545. The van der Waals surface area contributed by atoms with Gasteiger partial charge < -0.3 is 10.6 Å². The summed E-state index contributed by atoms with van der Waals surface area (Å²) < 4.78 is 1.59. The number of aromatic amines is 1. The molecule has 3 rings (SSSR count). The third kappa shape index (κ3) is 2.28. The molecule has 1 aliphatic rings. The van der Waals surface area contributed by atoms with Gasteiger partial charge in [-0.1, -0.05) is 0 Å². The first-order valence-corrected chi connectivity index (χ1v) is 6.71. The molecule has 0 bridgehead atoms. The third-order valence-corrected chi connectivity index (χ3v) is 3.71. The van der Waals surface area contributed by atoms with E-state index in [1.807, 2.05) is 0 Å². The number of nitrogens with two attached hydrogens (primary N) is 1.